The summed E-state index contributed by atoms with van der Waals surface area (Å²) in [5.74, 6) is 1.45. The third-order valence-corrected chi connectivity index (χ3v) is 3.42. The molecule has 0 heterocycles. The molecule has 0 bridgehead atoms. The van der Waals surface area contributed by atoms with Crippen LogP contribution in [-0.4, -0.2) is 41.0 Å². The molecule has 0 aromatic rings. The fraction of sp³-hybridized carbons (Fsp3) is 1.00. The van der Waals surface area contributed by atoms with Crippen LogP contribution in [0.5, 0.6) is 0 Å². The van der Waals surface area contributed by atoms with E-state index < -0.39 is 5.60 Å². The van der Waals surface area contributed by atoms with Gasteiger partial charge in [-0.2, -0.15) is 12.6 Å². The molecule has 0 aliphatic carbocycles. The zero-order valence-corrected chi connectivity index (χ0v) is 12.6. The Kier molecular flexibility index (Phi) is 6.38. The van der Waals surface area contributed by atoms with E-state index in [0.29, 0.717) is 5.92 Å². The number of thiol groups is 1. The molecule has 0 aromatic heterocycles. The van der Waals surface area contributed by atoms with Crippen LogP contribution in [0.4, 0.5) is 0 Å². The largest absolute Gasteiger partial charge is 0.389 e. The third-order valence-electron chi connectivity index (χ3n) is 2.98. The summed E-state index contributed by atoms with van der Waals surface area (Å²) < 4.78 is 0. The van der Waals surface area contributed by atoms with Crippen molar-refractivity contribution >= 4 is 12.6 Å². The van der Waals surface area contributed by atoms with Crippen molar-refractivity contribution in [1.82, 2.24) is 4.90 Å². The van der Waals surface area contributed by atoms with E-state index in [9.17, 15) is 5.11 Å². The van der Waals surface area contributed by atoms with Gasteiger partial charge in [-0.1, -0.05) is 27.7 Å². The molecular weight excluding hydrogens is 218 g/mol. The van der Waals surface area contributed by atoms with Crippen LogP contribution in [0.2, 0.25) is 0 Å². The van der Waals surface area contributed by atoms with Gasteiger partial charge in [0.15, 0.2) is 0 Å². The molecule has 1 unspecified atom stereocenters. The monoisotopic (exact) mass is 247 g/mol. The maximum atomic E-state index is 9.85. The predicted molar refractivity (Wildman–Crippen MR) is 75.2 cm³/mol. The summed E-state index contributed by atoms with van der Waals surface area (Å²) >= 11 is 4.44. The first-order valence-electron chi connectivity index (χ1n) is 6.15. The molecule has 0 spiro atoms. The van der Waals surface area contributed by atoms with Crippen LogP contribution in [-0.2, 0) is 0 Å². The first-order valence-corrected chi connectivity index (χ1v) is 6.79. The molecule has 0 aliphatic rings. The van der Waals surface area contributed by atoms with Gasteiger partial charge >= 0.3 is 0 Å². The van der Waals surface area contributed by atoms with Crippen LogP contribution >= 0.6 is 12.6 Å². The van der Waals surface area contributed by atoms with Crippen LogP contribution in [0, 0.1) is 11.3 Å². The van der Waals surface area contributed by atoms with Crippen molar-refractivity contribution < 1.29 is 5.11 Å². The van der Waals surface area contributed by atoms with Gasteiger partial charge in [-0.05, 0) is 37.5 Å². The third kappa shape index (κ3) is 6.77. The average Bonchev–Trinajstić information content (AvgIpc) is 2.07. The minimum absolute atomic E-state index is 0.273. The highest BCUT2D eigenvalue weighted by Crippen LogP contribution is 2.28. The Bertz CT molecular complexity index is 193. The van der Waals surface area contributed by atoms with Gasteiger partial charge in [0.25, 0.3) is 0 Å². The van der Waals surface area contributed by atoms with Crippen molar-refractivity contribution in [2.24, 2.45) is 11.3 Å². The van der Waals surface area contributed by atoms with E-state index in [1.54, 1.807) is 0 Å². The van der Waals surface area contributed by atoms with Crippen LogP contribution in [0.15, 0.2) is 0 Å². The van der Waals surface area contributed by atoms with Crippen molar-refractivity contribution in [3.05, 3.63) is 0 Å². The smallest absolute Gasteiger partial charge is 0.0718 e. The zero-order chi connectivity index (χ0) is 13.0. The van der Waals surface area contributed by atoms with E-state index in [0.717, 1.165) is 25.4 Å². The summed E-state index contributed by atoms with van der Waals surface area (Å²) in [7, 11) is 0. The van der Waals surface area contributed by atoms with E-state index in [4.69, 9.17) is 0 Å². The van der Waals surface area contributed by atoms with Gasteiger partial charge in [-0.15, -0.1) is 0 Å². The van der Waals surface area contributed by atoms with Crippen LogP contribution in [0.3, 0.4) is 0 Å². The molecule has 98 valence electrons. The van der Waals surface area contributed by atoms with Crippen LogP contribution in [0.25, 0.3) is 0 Å². The lowest BCUT2D eigenvalue weighted by Gasteiger charge is -2.36. The summed E-state index contributed by atoms with van der Waals surface area (Å²) in [4.78, 5) is 2.31. The number of likely N-dealkylation sites (N-methyl/N-ethyl adjacent to an activating group) is 1. The molecule has 0 radical (unpaired) electrons. The molecule has 16 heavy (non-hydrogen) atoms. The molecular formula is C13H29NOS. The highest BCUT2D eigenvalue weighted by Gasteiger charge is 2.27. The zero-order valence-electron chi connectivity index (χ0n) is 11.7. The molecule has 0 aliphatic heterocycles. The second kappa shape index (κ2) is 6.27. The first-order chi connectivity index (χ1) is 7.10. The Morgan fingerprint density at radius 3 is 1.94 bits per heavy atom. The Labute approximate surface area is 107 Å². The summed E-state index contributed by atoms with van der Waals surface area (Å²) in [5, 5.41) is 9.85. The van der Waals surface area contributed by atoms with Gasteiger partial charge in [0.1, 0.15) is 0 Å². The second-order valence-corrected chi connectivity index (χ2v) is 6.75. The average molecular weight is 247 g/mol. The Hall–Kier alpha value is 0.270. The molecule has 0 saturated carbocycles. The number of nitrogens with zero attached hydrogens (tertiary/aromatic N) is 1. The Morgan fingerprint density at radius 2 is 1.69 bits per heavy atom. The highest BCUT2D eigenvalue weighted by molar-refractivity contribution is 7.80. The van der Waals surface area contributed by atoms with Crippen LogP contribution < -0.4 is 0 Å². The van der Waals surface area contributed by atoms with Crippen molar-refractivity contribution in [1.29, 1.82) is 0 Å². The van der Waals surface area contributed by atoms with Gasteiger partial charge in [0.2, 0.25) is 0 Å². The number of aliphatic hydroxyl groups is 1. The lowest BCUT2D eigenvalue weighted by Crippen LogP contribution is -2.43. The molecule has 0 amide bonds. The summed E-state index contributed by atoms with van der Waals surface area (Å²) in [6.45, 7) is 15.3. The minimum atomic E-state index is -0.616. The van der Waals surface area contributed by atoms with E-state index in [2.05, 4.69) is 45.2 Å². The minimum Gasteiger partial charge on any atom is -0.389 e. The second-order valence-electron chi connectivity index (χ2n) is 6.39. The number of rotatable bonds is 6. The number of hydrogen-bond donors (Lipinski definition) is 2. The van der Waals surface area contributed by atoms with E-state index >= 15 is 0 Å². The van der Waals surface area contributed by atoms with Crippen LogP contribution in [0.1, 0.15) is 41.5 Å². The first kappa shape index (κ1) is 16.3. The molecule has 3 heteroatoms. The predicted octanol–water partition coefficient (Wildman–Crippen LogP) is 2.67. The molecule has 0 fully saturated rings. The van der Waals surface area contributed by atoms with Crippen molar-refractivity contribution in [2.45, 2.75) is 47.1 Å². The number of hydrogen-bond acceptors (Lipinski definition) is 3. The fourth-order valence-corrected chi connectivity index (χ4v) is 2.43. The lowest BCUT2D eigenvalue weighted by atomic mass is 9.81. The van der Waals surface area contributed by atoms with Gasteiger partial charge in [0.05, 0.1) is 5.60 Å². The Balaban J connectivity index is 4.40. The maximum absolute atomic E-state index is 9.85. The topological polar surface area (TPSA) is 23.5 Å². The van der Waals surface area contributed by atoms with Gasteiger partial charge in [-0.25, -0.2) is 0 Å². The van der Waals surface area contributed by atoms with Crippen molar-refractivity contribution in [3.8, 4) is 0 Å². The normalized spacial score (nSPS) is 15.6. The summed E-state index contributed by atoms with van der Waals surface area (Å²) in [6.07, 6.45) is 0. The quantitative estimate of drug-likeness (QED) is 0.705. The highest BCUT2D eigenvalue weighted by atomic mass is 32.1. The maximum Gasteiger partial charge on any atom is 0.0718 e. The van der Waals surface area contributed by atoms with E-state index in [1.807, 2.05) is 13.8 Å². The lowest BCUT2D eigenvalue weighted by molar-refractivity contribution is 0.0273. The van der Waals surface area contributed by atoms with Gasteiger partial charge in [0, 0.05) is 13.1 Å². The molecule has 2 nitrogen and oxygen atoms in total. The standard InChI is InChI=1S/C13H29NOS/c1-7-14(10-13(5,6)15)8-11(9-16)12(2,3)4/h11,15-16H,7-10H2,1-6H3. The fourth-order valence-electron chi connectivity index (χ4n) is 1.77. The Morgan fingerprint density at radius 1 is 1.19 bits per heavy atom. The van der Waals surface area contributed by atoms with E-state index in [-0.39, 0.29) is 5.41 Å². The van der Waals surface area contributed by atoms with Gasteiger partial charge < -0.3 is 10.0 Å². The molecule has 0 saturated heterocycles. The molecule has 1 atom stereocenters. The SMILES string of the molecule is CCN(CC(CS)C(C)(C)C)CC(C)(C)O. The molecule has 1 N–H and O–H groups in total. The van der Waals surface area contributed by atoms with Crippen molar-refractivity contribution in [2.75, 3.05) is 25.4 Å². The summed E-state index contributed by atoms with van der Waals surface area (Å²) in [6, 6.07) is 0. The molecule has 0 rings (SSSR count). The van der Waals surface area contributed by atoms with Gasteiger partial charge in [-0.3, -0.25) is 0 Å². The van der Waals surface area contributed by atoms with E-state index in [1.165, 1.54) is 0 Å². The molecule has 0 aromatic carbocycles. The summed E-state index contributed by atoms with van der Waals surface area (Å²) in [5.41, 5.74) is -0.343. The van der Waals surface area contributed by atoms with Crippen molar-refractivity contribution in [3.63, 3.8) is 0 Å².